The average Bonchev–Trinajstić information content (AvgIpc) is 2.55. The minimum absolute atomic E-state index is 0. The summed E-state index contributed by atoms with van der Waals surface area (Å²) in [4.78, 5) is 11.5. The summed E-state index contributed by atoms with van der Waals surface area (Å²) in [5.74, 6) is -2.71. The van der Waals surface area contributed by atoms with Crippen LogP contribution in [0, 0.1) is 24.5 Å². The van der Waals surface area contributed by atoms with Crippen molar-refractivity contribution >= 4 is 28.3 Å². The molecule has 6 nitrogen and oxygen atoms in total. The van der Waals surface area contributed by atoms with Gasteiger partial charge < -0.3 is 11.1 Å². The summed E-state index contributed by atoms with van der Waals surface area (Å²) >= 11 is 0. The number of nitrogens with zero attached hydrogens (tertiary/aromatic N) is 1. The zero-order chi connectivity index (χ0) is 17.9. The third-order valence-electron chi connectivity index (χ3n) is 4.03. The molecule has 1 saturated heterocycles. The van der Waals surface area contributed by atoms with Crippen LogP contribution in [0.4, 0.5) is 8.78 Å². The smallest absolute Gasteiger partial charge is 0.246 e. The van der Waals surface area contributed by atoms with Gasteiger partial charge in [-0.15, -0.1) is 12.4 Å². The zero-order valence-electron chi connectivity index (χ0n) is 13.8. The molecule has 0 bridgehead atoms. The standard InChI is InChI=1S/C15H21F2N3O3S.ClH/c1-10-7-14(13(17)8-12(10)16)24(22,23)20-6-2-3-11(9-20)15(21)19-5-4-18;/h7-8,11H,2-6,9,18H2,1H3,(H,19,21);1H. The number of carbonyl (C=O) groups is 1. The Bertz CT molecular complexity index is 731. The van der Waals surface area contributed by atoms with Crippen molar-refractivity contribution in [2.75, 3.05) is 26.2 Å². The van der Waals surface area contributed by atoms with Crippen molar-refractivity contribution in [1.82, 2.24) is 9.62 Å². The van der Waals surface area contributed by atoms with Crippen LogP contribution in [0.25, 0.3) is 0 Å². The summed E-state index contributed by atoms with van der Waals surface area (Å²) in [7, 11) is -4.13. The molecule has 1 atom stereocenters. The van der Waals surface area contributed by atoms with Crippen molar-refractivity contribution in [1.29, 1.82) is 0 Å². The number of piperidine rings is 1. The normalized spacial score (nSPS) is 18.5. The number of aryl methyl sites for hydroxylation is 1. The number of carbonyl (C=O) groups excluding carboxylic acids is 1. The van der Waals surface area contributed by atoms with Gasteiger partial charge in [0, 0.05) is 32.2 Å². The van der Waals surface area contributed by atoms with E-state index < -0.39 is 32.5 Å². The van der Waals surface area contributed by atoms with Crippen molar-refractivity contribution in [2.24, 2.45) is 11.7 Å². The second kappa shape index (κ2) is 8.88. The Balaban J connectivity index is 0.00000312. The number of amides is 1. The molecule has 1 fully saturated rings. The molecule has 1 heterocycles. The molecule has 1 amide bonds. The van der Waals surface area contributed by atoms with Gasteiger partial charge in [-0.3, -0.25) is 4.79 Å². The third-order valence-corrected chi connectivity index (χ3v) is 5.91. The summed E-state index contributed by atoms with van der Waals surface area (Å²) in [6.07, 6.45) is 1.04. The number of sulfonamides is 1. The Morgan fingerprint density at radius 1 is 1.36 bits per heavy atom. The van der Waals surface area contributed by atoms with E-state index in [4.69, 9.17) is 5.73 Å². The molecule has 0 saturated carbocycles. The fourth-order valence-electron chi connectivity index (χ4n) is 2.68. The van der Waals surface area contributed by atoms with Crippen molar-refractivity contribution in [3.05, 3.63) is 29.3 Å². The minimum Gasteiger partial charge on any atom is -0.355 e. The fraction of sp³-hybridized carbons (Fsp3) is 0.533. The summed E-state index contributed by atoms with van der Waals surface area (Å²) in [6.45, 7) is 2.13. The lowest BCUT2D eigenvalue weighted by Crippen LogP contribution is -2.46. The van der Waals surface area contributed by atoms with Gasteiger partial charge >= 0.3 is 0 Å². The van der Waals surface area contributed by atoms with E-state index in [0.29, 0.717) is 32.0 Å². The molecule has 142 valence electrons. The van der Waals surface area contributed by atoms with Gasteiger partial charge in [0.25, 0.3) is 0 Å². The molecule has 0 radical (unpaired) electrons. The number of hydrogen-bond acceptors (Lipinski definition) is 4. The first-order valence-electron chi connectivity index (χ1n) is 7.71. The van der Waals surface area contributed by atoms with E-state index in [1.165, 1.54) is 6.92 Å². The van der Waals surface area contributed by atoms with Crippen LogP contribution in [0.3, 0.4) is 0 Å². The van der Waals surface area contributed by atoms with Crippen LogP contribution in [0.2, 0.25) is 0 Å². The molecule has 1 aromatic carbocycles. The zero-order valence-corrected chi connectivity index (χ0v) is 15.4. The van der Waals surface area contributed by atoms with Crippen LogP contribution in [0.15, 0.2) is 17.0 Å². The predicted octanol–water partition coefficient (Wildman–Crippen LogP) is 1.17. The lowest BCUT2D eigenvalue weighted by Gasteiger charge is -2.31. The van der Waals surface area contributed by atoms with E-state index in [0.717, 1.165) is 10.4 Å². The minimum atomic E-state index is -4.13. The lowest BCUT2D eigenvalue weighted by atomic mass is 9.99. The topological polar surface area (TPSA) is 92.5 Å². The van der Waals surface area contributed by atoms with Gasteiger partial charge in [-0.25, -0.2) is 17.2 Å². The van der Waals surface area contributed by atoms with Gasteiger partial charge in [0.05, 0.1) is 5.92 Å². The lowest BCUT2D eigenvalue weighted by molar-refractivity contribution is -0.126. The number of nitrogens with one attached hydrogen (secondary N) is 1. The summed E-state index contributed by atoms with van der Waals surface area (Å²) in [5.41, 5.74) is 5.37. The summed E-state index contributed by atoms with van der Waals surface area (Å²) in [6, 6.07) is 1.55. The Kier molecular flexibility index (Phi) is 7.73. The maximum atomic E-state index is 14.0. The summed E-state index contributed by atoms with van der Waals surface area (Å²) < 4.78 is 53.7. The molecule has 25 heavy (non-hydrogen) atoms. The van der Waals surface area contributed by atoms with Gasteiger partial charge in [-0.05, 0) is 31.4 Å². The van der Waals surface area contributed by atoms with Gasteiger partial charge in [0.2, 0.25) is 15.9 Å². The van der Waals surface area contributed by atoms with E-state index in [1.54, 1.807) is 0 Å². The monoisotopic (exact) mass is 397 g/mol. The van der Waals surface area contributed by atoms with Crippen LogP contribution in [-0.4, -0.2) is 44.8 Å². The quantitative estimate of drug-likeness (QED) is 0.780. The number of benzene rings is 1. The van der Waals surface area contributed by atoms with Crippen LogP contribution >= 0.6 is 12.4 Å². The van der Waals surface area contributed by atoms with Crippen LogP contribution in [0.1, 0.15) is 18.4 Å². The van der Waals surface area contributed by atoms with Crippen LogP contribution in [-0.2, 0) is 14.8 Å². The van der Waals surface area contributed by atoms with Gasteiger partial charge in [0.15, 0.2) is 0 Å². The molecule has 1 aliphatic rings. The molecule has 0 aromatic heterocycles. The van der Waals surface area contributed by atoms with Crippen molar-refractivity contribution in [3.8, 4) is 0 Å². The number of hydrogen-bond donors (Lipinski definition) is 2. The highest BCUT2D eigenvalue weighted by molar-refractivity contribution is 7.89. The predicted molar refractivity (Wildman–Crippen MR) is 91.9 cm³/mol. The SMILES string of the molecule is Cc1cc(S(=O)(=O)N2CCCC(C(=O)NCCN)C2)c(F)cc1F.Cl. The Labute approximate surface area is 152 Å². The van der Waals surface area contributed by atoms with Crippen molar-refractivity contribution in [2.45, 2.75) is 24.7 Å². The maximum absolute atomic E-state index is 14.0. The average molecular weight is 398 g/mol. The van der Waals surface area contributed by atoms with Gasteiger partial charge in [0.1, 0.15) is 16.5 Å². The largest absolute Gasteiger partial charge is 0.355 e. The van der Waals surface area contributed by atoms with E-state index in [1.807, 2.05) is 0 Å². The van der Waals surface area contributed by atoms with Gasteiger partial charge in [-0.1, -0.05) is 0 Å². The van der Waals surface area contributed by atoms with Crippen molar-refractivity contribution in [3.63, 3.8) is 0 Å². The molecule has 1 aliphatic heterocycles. The fourth-order valence-corrected chi connectivity index (χ4v) is 4.34. The van der Waals surface area contributed by atoms with E-state index in [9.17, 15) is 22.0 Å². The maximum Gasteiger partial charge on any atom is 0.246 e. The summed E-state index contributed by atoms with van der Waals surface area (Å²) in [5, 5.41) is 2.63. The molecule has 3 N–H and O–H groups in total. The van der Waals surface area contributed by atoms with Crippen LogP contribution in [0.5, 0.6) is 0 Å². The third kappa shape index (κ3) is 4.87. The van der Waals surface area contributed by atoms with Gasteiger partial charge in [-0.2, -0.15) is 4.31 Å². The second-order valence-electron chi connectivity index (χ2n) is 5.81. The van der Waals surface area contributed by atoms with E-state index >= 15 is 0 Å². The molecule has 10 heteroatoms. The number of rotatable bonds is 5. The number of nitrogens with two attached hydrogens (primary N) is 1. The Morgan fingerprint density at radius 3 is 2.68 bits per heavy atom. The van der Waals surface area contributed by atoms with Crippen LogP contribution < -0.4 is 11.1 Å². The first-order valence-corrected chi connectivity index (χ1v) is 9.15. The Morgan fingerprint density at radius 2 is 2.04 bits per heavy atom. The van der Waals surface area contributed by atoms with E-state index in [-0.39, 0.29) is 37.0 Å². The highest BCUT2D eigenvalue weighted by atomic mass is 35.5. The molecule has 2 rings (SSSR count). The molecular weight excluding hydrogens is 376 g/mol. The highest BCUT2D eigenvalue weighted by Gasteiger charge is 2.34. The van der Waals surface area contributed by atoms with Crippen molar-refractivity contribution < 1.29 is 22.0 Å². The molecule has 0 spiro atoms. The Hall–Kier alpha value is -1.29. The molecule has 1 unspecified atom stereocenters. The molecule has 0 aliphatic carbocycles. The van der Waals surface area contributed by atoms with E-state index in [2.05, 4.69) is 5.32 Å². The highest BCUT2D eigenvalue weighted by Crippen LogP contribution is 2.27. The molecule has 1 aromatic rings. The first-order chi connectivity index (χ1) is 11.3. The molecular formula is C15H22ClF2N3O3S. The first kappa shape index (κ1) is 21.8. The number of halogens is 3. The second-order valence-corrected chi connectivity index (χ2v) is 7.72.